The lowest BCUT2D eigenvalue weighted by Crippen LogP contribution is -2.57. The molecule has 2 amide bonds. The van der Waals surface area contributed by atoms with Crippen LogP contribution in [0.5, 0.6) is 0 Å². The summed E-state index contributed by atoms with van der Waals surface area (Å²) in [5.74, 6) is -0.298. The van der Waals surface area contributed by atoms with E-state index in [1.165, 1.54) is 0 Å². The van der Waals surface area contributed by atoms with Crippen LogP contribution in [0, 0.1) is 0 Å². The Balaban J connectivity index is 1.82. The molecule has 2 aromatic rings. The lowest BCUT2D eigenvalue weighted by atomic mass is 10.1. The summed E-state index contributed by atoms with van der Waals surface area (Å²) in [4.78, 5) is 28.6. The number of nitrogens with zero attached hydrogens (tertiary/aromatic N) is 2. The first-order valence-electron chi connectivity index (χ1n) is 7.61. The van der Waals surface area contributed by atoms with Crippen molar-refractivity contribution in [3.8, 4) is 0 Å². The Labute approximate surface area is 150 Å². The molecule has 0 aliphatic carbocycles. The van der Waals surface area contributed by atoms with E-state index in [-0.39, 0.29) is 11.8 Å². The van der Waals surface area contributed by atoms with Gasteiger partial charge in [-0.2, -0.15) is 0 Å². The molecule has 0 radical (unpaired) electrons. The number of carbonyl (C=O) groups is 2. The molecule has 3 rings (SSSR count). The van der Waals surface area contributed by atoms with Gasteiger partial charge in [-0.25, -0.2) is 0 Å². The largest absolute Gasteiger partial charge is 0.325 e. The Morgan fingerprint density at radius 3 is 2.46 bits per heavy atom. The molecular weight excluding hydrogens is 347 g/mol. The third kappa shape index (κ3) is 3.12. The number of benzene rings is 2. The molecule has 4 nitrogen and oxygen atoms in total. The van der Waals surface area contributed by atoms with E-state index in [4.69, 9.17) is 23.2 Å². The lowest BCUT2D eigenvalue weighted by Gasteiger charge is -2.39. The monoisotopic (exact) mass is 362 g/mol. The third-order valence-corrected chi connectivity index (χ3v) is 4.68. The van der Waals surface area contributed by atoms with Crippen molar-refractivity contribution in [2.24, 2.45) is 0 Å². The van der Waals surface area contributed by atoms with E-state index in [9.17, 15) is 9.59 Å². The van der Waals surface area contributed by atoms with Crippen LogP contribution in [0.1, 0.15) is 17.3 Å². The van der Waals surface area contributed by atoms with E-state index >= 15 is 0 Å². The summed E-state index contributed by atoms with van der Waals surface area (Å²) < 4.78 is 0. The average molecular weight is 363 g/mol. The summed E-state index contributed by atoms with van der Waals surface area (Å²) in [6.07, 6.45) is 0. The summed E-state index contributed by atoms with van der Waals surface area (Å²) in [5, 5.41) is 0.938. The summed E-state index contributed by atoms with van der Waals surface area (Å²) in [5.41, 5.74) is 1.19. The molecule has 1 aliphatic rings. The van der Waals surface area contributed by atoms with Crippen LogP contribution in [0.3, 0.4) is 0 Å². The van der Waals surface area contributed by atoms with Gasteiger partial charge in [-0.15, -0.1) is 0 Å². The maximum absolute atomic E-state index is 12.7. The van der Waals surface area contributed by atoms with Gasteiger partial charge in [-0.05, 0) is 37.3 Å². The van der Waals surface area contributed by atoms with Gasteiger partial charge in [0, 0.05) is 23.7 Å². The Kier molecular flexibility index (Phi) is 4.78. The highest BCUT2D eigenvalue weighted by molar-refractivity contribution is 6.36. The summed E-state index contributed by atoms with van der Waals surface area (Å²) in [6, 6.07) is 13.4. The summed E-state index contributed by atoms with van der Waals surface area (Å²) >= 11 is 12.1. The fourth-order valence-electron chi connectivity index (χ4n) is 2.83. The molecule has 0 saturated carbocycles. The molecule has 6 heteroatoms. The van der Waals surface area contributed by atoms with E-state index in [1.54, 1.807) is 47.1 Å². The summed E-state index contributed by atoms with van der Waals surface area (Å²) in [6.45, 7) is 2.57. The Morgan fingerprint density at radius 1 is 1.08 bits per heavy atom. The smallest absolute Gasteiger partial charge is 0.254 e. The molecule has 0 aromatic heterocycles. The van der Waals surface area contributed by atoms with Crippen LogP contribution in [-0.2, 0) is 4.79 Å². The Hall–Kier alpha value is -2.04. The number of anilines is 1. The fraction of sp³-hybridized carbons (Fsp3) is 0.222. The van der Waals surface area contributed by atoms with Crippen molar-refractivity contribution in [1.29, 1.82) is 0 Å². The third-order valence-electron chi connectivity index (χ3n) is 4.14. The standard InChI is InChI=1S/C18H16Cl2N2O2/c1-12-17(23)22(16-8-7-14(19)11-15(16)20)10-9-21(12)18(24)13-5-3-2-4-6-13/h2-8,11-12H,9-10H2,1H3. The quantitative estimate of drug-likeness (QED) is 0.813. The van der Waals surface area contributed by atoms with Gasteiger partial charge in [-0.1, -0.05) is 41.4 Å². The van der Waals surface area contributed by atoms with Gasteiger partial charge in [0.25, 0.3) is 5.91 Å². The Bertz CT molecular complexity index is 780. The average Bonchev–Trinajstić information content (AvgIpc) is 2.58. The maximum atomic E-state index is 12.7. The molecule has 0 bridgehead atoms. The highest BCUT2D eigenvalue weighted by Gasteiger charge is 2.35. The first-order valence-corrected chi connectivity index (χ1v) is 8.37. The van der Waals surface area contributed by atoms with Gasteiger partial charge in [0.05, 0.1) is 10.7 Å². The molecule has 24 heavy (non-hydrogen) atoms. The number of rotatable bonds is 2. The van der Waals surface area contributed by atoms with Gasteiger partial charge in [0.1, 0.15) is 6.04 Å². The first-order chi connectivity index (χ1) is 11.5. The second-order valence-electron chi connectivity index (χ2n) is 5.63. The predicted octanol–water partition coefficient (Wildman–Crippen LogP) is 3.87. The van der Waals surface area contributed by atoms with Gasteiger partial charge < -0.3 is 9.80 Å². The first kappa shape index (κ1) is 16.8. The van der Waals surface area contributed by atoms with Crippen LogP contribution in [-0.4, -0.2) is 35.8 Å². The minimum atomic E-state index is -0.557. The number of amides is 2. The zero-order valence-corrected chi connectivity index (χ0v) is 14.6. The molecule has 124 valence electrons. The van der Waals surface area contributed by atoms with Gasteiger partial charge in [0.2, 0.25) is 5.91 Å². The number of hydrogen-bond donors (Lipinski definition) is 0. The number of halogens is 2. The molecular formula is C18H16Cl2N2O2. The predicted molar refractivity (Wildman–Crippen MR) is 95.8 cm³/mol. The molecule has 0 N–H and O–H groups in total. The highest BCUT2D eigenvalue weighted by Crippen LogP contribution is 2.31. The van der Waals surface area contributed by atoms with Gasteiger partial charge in [0.15, 0.2) is 0 Å². The molecule has 1 fully saturated rings. The topological polar surface area (TPSA) is 40.6 Å². The van der Waals surface area contributed by atoms with Crippen molar-refractivity contribution in [3.63, 3.8) is 0 Å². The van der Waals surface area contributed by atoms with Crippen LogP contribution in [0.4, 0.5) is 5.69 Å². The van der Waals surface area contributed by atoms with Crippen molar-refractivity contribution >= 4 is 40.7 Å². The van der Waals surface area contributed by atoms with Crippen molar-refractivity contribution in [2.75, 3.05) is 18.0 Å². The van der Waals surface area contributed by atoms with Crippen molar-refractivity contribution in [1.82, 2.24) is 4.90 Å². The lowest BCUT2D eigenvalue weighted by molar-refractivity contribution is -0.124. The molecule has 0 spiro atoms. The molecule has 1 atom stereocenters. The SMILES string of the molecule is CC1C(=O)N(c2ccc(Cl)cc2Cl)CCN1C(=O)c1ccccc1. The van der Waals surface area contributed by atoms with E-state index in [0.29, 0.717) is 34.4 Å². The van der Waals surface area contributed by atoms with E-state index in [0.717, 1.165) is 0 Å². The second-order valence-corrected chi connectivity index (χ2v) is 6.47. The van der Waals surface area contributed by atoms with Crippen LogP contribution in [0.2, 0.25) is 10.0 Å². The Morgan fingerprint density at radius 2 is 1.79 bits per heavy atom. The molecule has 1 aliphatic heterocycles. The highest BCUT2D eigenvalue weighted by atomic mass is 35.5. The number of piperazine rings is 1. The fourth-order valence-corrected chi connectivity index (χ4v) is 3.34. The van der Waals surface area contributed by atoms with Gasteiger partial charge >= 0.3 is 0 Å². The van der Waals surface area contributed by atoms with Gasteiger partial charge in [-0.3, -0.25) is 9.59 Å². The zero-order chi connectivity index (χ0) is 17.3. The van der Waals surface area contributed by atoms with Crippen molar-refractivity contribution < 1.29 is 9.59 Å². The maximum Gasteiger partial charge on any atom is 0.254 e. The van der Waals surface area contributed by atoms with E-state index in [2.05, 4.69) is 0 Å². The van der Waals surface area contributed by atoms with E-state index < -0.39 is 6.04 Å². The van der Waals surface area contributed by atoms with Crippen LogP contribution >= 0.6 is 23.2 Å². The molecule has 1 saturated heterocycles. The van der Waals surface area contributed by atoms with E-state index in [1.807, 2.05) is 18.2 Å². The van der Waals surface area contributed by atoms with Crippen LogP contribution in [0.15, 0.2) is 48.5 Å². The molecule has 1 unspecified atom stereocenters. The van der Waals surface area contributed by atoms with Crippen molar-refractivity contribution in [2.45, 2.75) is 13.0 Å². The zero-order valence-electron chi connectivity index (χ0n) is 13.1. The normalized spacial score (nSPS) is 18.0. The van der Waals surface area contributed by atoms with Crippen molar-refractivity contribution in [3.05, 3.63) is 64.1 Å². The minimum Gasteiger partial charge on any atom is -0.325 e. The summed E-state index contributed by atoms with van der Waals surface area (Å²) in [7, 11) is 0. The second kappa shape index (κ2) is 6.83. The van der Waals surface area contributed by atoms with Crippen LogP contribution < -0.4 is 4.90 Å². The molecule has 1 heterocycles. The molecule has 2 aromatic carbocycles. The number of hydrogen-bond acceptors (Lipinski definition) is 2. The number of carbonyl (C=O) groups excluding carboxylic acids is 2. The van der Waals surface area contributed by atoms with Crippen LogP contribution in [0.25, 0.3) is 0 Å². The minimum absolute atomic E-state index is 0.140.